The standard InChI is InChI=1S/C12H19BO2.C9H13BO2/c1-10(2)14-13(15-11(3)4)12-8-6-5-7-9-12;1-8(2)12-10(11)9-6-4-3-5-7-9/h5-11H,1-4H3;3-8,11H,1-2H3. The molecule has 0 unspecified atom stereocenters. The summed E-state index contributed by atoms with van der Waals surface area (Å²) in [5.41, 5.74) is 1.87. The zero-order chi connectivity index (χ0) is 20.2. The normalized spacial score (nSPS) is 10.7. The van der Waals surface area contributed by atoms with E-state index in [1.54, 1.807) is 0 Å². The lowest BCUT2D eigenvalue weighted by molar-refractivity contribution is 0.139. The Kier molecular flexibility index (Phi) is 11.1. The Morgan fingerprint density at radius 2 is 0.963 bits per heavy atom. The van der Waals surface area contributed by atoms with Crippen molar-refractivity contribution in [2.24, 2.45) is 0 Å². The second-order valence-corrected chi connectivity index (χ2v) is 7.06. The third-order valence-electron chi connectivity index (χ3n) is 3.35. The molecule has 146 valence electrons. The lowest BCUT2D eigenvalue weighted by Crippen LogP contribution is -2.40. The summed E-state index contributed by atoms with van der Waals surface area (Å²) in [7, 11) is -1.06. The van der Waals surface area contributed by atoms with Gasteiger partial charge in [0, 0.05) is 18.3 Å². The van der Waals surface area contributed by atoms with E-state index in [0.29, 0.717) is 0 Å². The number of rotatable bonds is 8. The maximum absolute atomic E-state index is 9.47. The minimum absolute atomic E-state index is 0.0419. The number of hydrogen-bond donors (Lipinski definition) is 1. The second kappa shape index (κ2) is 12.7. The van der Waals surface area contributed by atoms with E-state index in [9.17, 15) is 5.02 Å². The van der Waals surface area contributed by atoms with Crippen LogP contribution in [0.3, 0.4) is 0 Å². The third kappa shape index (κ3) is 10.4. The fraction of sp³-hybridized carbons (Fsp3) is 0.429. The molecule has 0 atom stereocenters. The van der Waals surface area contributed by atoms with Crippen LogP contribution in [0, 0.1) is 0 Å². The van der Waals surface area contributed by atoms with E-state index in [1.165, 1.54) is 0 Å². The zero-order valence-electron chi connectivity index (χ0n) is 17.3. The zero-order valence-corrected chi connectivity index (χ0v) is 17.3. The Labute approximate surface area is 165 Å². The van der Waals surface area contributed by atoms with Crippen molar-refractivity contribution in [3.05, 3.63) is 60.7 Å². The van der Waals surface area contributed by atoms with Crippen molar-refractivity contribution >= 4 is 25.2 Å². The molecule has 0 saturated carbocycles. The fourth-order valence-corrected chi connectivity index (χ4v) is 2.25. The largest absolute Gasteiger partial charge is 0.494 e. The molecule has 0 spiro atoms. The Morgan fingerprint density at radius 3 is 1.33 bits per heavy atom. The molecule has 1 N–H and O–H groups in total. The van der Waals surface area contributed by atoms with Crippen LogP contribution in [0.25, 0.3) is 0 Å². The van der Waals surface area contributed by atoms with Gasteiger partial charge in [-0.3, -0.25) is 0 Å². The van der Waals surface area contributed by atoms with E-state index in [-0.39, 0.29) is 25.4 Å². The van der Waals surface area contributed by atoms with Gasteiger partial charge >= 0.3 is 14.2 Å². The van der Waals surface area contributed by atoms with Crippen LogP contribution < -0.4 is 10.9 Å². The summed E-state index contributed by atoms with van der Waals surface area (Å²) in [4.78, 5) is 0. The van der Waals surface area contributed by atoms with Crippen molar-refractivity contribution < 1.29 is 19.0 Å². The van der Waals surface area contributed by atoms with E-state index < -0.39 is 7.12 Å². The van der Waals surface area contributed by atoms with Gasteiger partial charge in [-0.05, 0) is 52.5 Å². The molecule has 0 aliphatic carbocycles. The maximum atomic E-state index is 9.47. The third-order valence-corrected chi connectivity index (χ3v) is 3.35. The van der Waals surface area contributed by atoms with Crippen molar-refractivity contribution in [1.82, 2.24) is 0 Å². The number of benzene rings is 2. The monoisotopic (exact) mass is 370 g/mol. The van der Waals surface area contributed by atoms with Crippen molar-refractivity contribution in [1.29, 1.82) is 0 Å². The molecular formula is C21H32B2O4. The molecule has 0 bridgehead atoms. The first-order chi connectivity index (χ1) is 12.8. The van der Waals surface area contributed by atoms with E-state index >= 15 is 0 Å². The highest BCUT2D eigenvalue weighted by atomic mass is 16.6. The molecule has 4 nitrogen and oxygen atoms in total. The molecule has 27 heavy (non-hydrogen) atoms. The van der Waals surface area contributed by atoms with Gasteiger partial charge in [0.25, 0.3) is 0 Å². The van der Waals surface area contributed by atoms with Gasteiger partial charge in [0.15, 0.2) is 0 Å². The van der Waals surface area contributed by atoms with Gasteiger partial charge in [-0.1, -0.05) is 60.7 Å². The average Bonchev–Trinajstić information content (AvgIpc) is 2.62. The summed E-state index contributed by atoms with van der Waals surface area (Å²) < 4.78 is 16.6. The van der Waals surface area contributed by atoms with Crippen LogP contribution in [0.1, 0.15) is 41.5 Å². The molecule has 2 aromatic carbocycles. The van der Waals surface area contributed by atoms with Crippen LogP contribution in [0.4, 0.5) is 0 Å². The summed E-state index contributed by atoms with van der Waals surface area (Å²) in [6.07, 6.45) is 0.364. The Morgan fingerprint density at radius 1 is 0.593 bits per heavy atom. The molecule has 0 amide bonds. The molecule has 0 aromatic heterocycles. The molecule has 0 aliphatic rings. The summed E-state index contributed by atoms with van der Waals surface area (Å²) in [5, 5.41) is 9.47. The van der Waals surface area contributed by atoms with E-state index in [1.807, 2.05) is 102 Å². The van der Waals surface area contributed by atoms with Crippen LogP contribution in [0.15, 0.2) is 60.7 Å². The number of hydrogen-bond acceptors (Lipinski definition) is 4. The van der Waals surface area contributed by atoms with Gasteiger partial charge in [0.2, 0.25) is 0 Å². The first kappa shape index (κ1) is 23.4. The summed E-state index contributed by atoms with van der Waals surface area (Å²) in [6.45, 7) is 11.8. The maximum Gasteiger partial charge on any atom is 0.494 e. The minimum Gasteiger partial charge on any atom is -0.423 e. The van der Waals surface area contributed by atoms with Crippen molar-refractivity contribution in [2.45, 2.75) is 59.9 Å². The van der Waals surface area contributed by atoms with E-state index in [0.717, 1.165) is 10.9 Å². The predicted octanol–water partition coefficient (Wildman–Crippen LogP) is 3.03. The van der Waals surface area contributed by atoms with Crippen LogP contribution in [-0.4, -0.2) is 37.6 Å². The molecule has 0 fully saturated rings. The van der Waals surface area contributed by atoms with Gasteiger partial charge in [0.05, 0.1) is 0 Å². The molecule has 0 heterocycles. The predicted molar refractivity (Wildman–Crippen MR) is 115 cm³/mol. The molecule has 0 aliphatic heterocycles. The van der Waals surface area contributed by atoms with Crippen LogP contribution in [0.5, 0.6) is 0 Å². The molecule has 2 rings (SSSR count). The highest BCUT2D eigenvalue weighted by molar-refractivity contribution is 6.61. The van der Waals surface area contributed by atoms with E-state index in [2.05, 4.69) is 0 Å². The quantitative estimate of drug-likeness (QED) is 0.726. The van der Waals surface area contributed by atoms with E-state index in [4.69, 9.17) is 14.0 Å². The molecule has 0 radical (unpaired) electrons. The van der Waals surface area contributed by atoms with Gasteiger partial charge in [-0.2, -0.15) is 0 Å². The Bertz CT molecular complexity index is 596. The molecular weight excluding hydrogens is 338 g/mol. The van der Waals surface area contributed by atoms with Gasteiger partial charge < -0.3 is 19.0 Å². The van der Waals surface area contributed by atoms with Crippen LogP contribution >= 0.6 is 0 Å². The topological polar surface area (TPSA) is 47.9 Å². The molecule has 2 aromatic rings. The highest BCUT2D eigenvalue weighted by Crippen LogP contribution is 2.01. The van der Waals surface area contributed by atoms with Gasteiger partial charge in [0.1, 0.15) is 0 Å². The minimum atomic E-state index is -0.800. The highest BCUT2D eigenvalue weighted by Gasteiger charge is 2.23. The summed E-state index contributed by atoms with van der Waals surface area (Å²) in [6, 6.07) is 19.4. The van der Waals surface area contributed by atoms with Crippen molar-refractivity contribution in [2.75, 3.05) is 0 Å². The lowest BCUT2D eigenvalue weighted by atomic mass is 9.78. The van der Waals surface area contributed by atoms with Crippen molar-refractivity contribution in [3.63, 3.8) is 0 Å². The fourth-order valence-electron chi connectivity index (χ4n) is 2.25. The second-order valence-electron chi connectivity index (χ2n) is 7.06. The molecule has 0 saturated heterocycles. The average molecular weight is 370 g/mol. The first-order valence-electron chi connectivity index (χ1n) is 9.54. The lowest BCUT2D eigenvalue weighted by Gasteiger charge is -2.19. The summed E-state index contributed by atoms with van der Waals surface area (Å²) in [5.74, 6) is 0. The SMILES string of the molecule is CC(C)OB(O)c1ccccc1.CC(C)OB(OC(C)C)c1ccccc1. The smallest absolute Gasteiger partial charge is 0.423 e. The summed E-state index contributed by atoms with van der Waals surface area (Å²) >= 11 is 0. The first-order valence-corrected chi connectivity index (χ1v) is 9.54. The Balaban J connectivity index is 0.000000277. The van der Waals surface area contributed by atoms with Crippen LogP contribution in [0.2, 0.25) is 0 Å². The van der Waals surface area contributed by atoms with Gasteiger partial charge in [-0.25, -0.2) is 0 Å². The Hall–Kier alpha value is -1.59. The van der Waals surface area contributed by atoms with Crippen molar-refractivity contribution in [3.8, 4) is 0 Å². The van der Waals surface area contributed by atoms with Crippen LogP contribution in [-0.2, 0) is 14.0 Å². The molecule has 6 heteroatoms. The van der Waals surface area contributed by atoms with Gasteiger partial charge in [-0.15, -0.1) is 0 Å².